The van der Waals surface area contributed by atoms with Crippen molar-refractivity contribution < 1.29 is 13.6 Å². The minimum Gasteiger partial charge on any atom is -0.338 e. The van der Waals surface area contributed by atoms with Crippen LogP contribution in [0.4, 0.5) is 8.78 Å². The molecule has 1 rings (SSSR count). The Bertz CT molecular complexity index is 305. The smallest absolute Gasteiger partial charge is 0.251 e. The Labute approximate surface area is 126 Å². The summed E-state index contributed by atoms with van der Waals surface area (Å²) in [7, 11) is 0. The van der Waals surface area contributed by atoms with Gasteiger partial charge in [0.1, 0.15) is 0 Å². The number of carbonyl (C=O) groups is 1. The van der Waals surface area contributed by atoms with Gasteiger partial charge in [-0.15, -0.1) is 12.4 Å². The minimum atomic E-state index is -2.32. The molecular formula is C13H26ClF2N3O. The van der Waals surface area contributed by atoms with Gasteiger partial charge >= 0.3 is 0 Å². The fourth-order valence-electron chi connectivity index (χ4n) is 2.39. The molecule has 2 N–H and O–H groups in total. The molecule has 0 saturated carbocycles. The highest BCUT2D eigenvalue weighted by Crippen LogP contribution is 2.16. The van der Waals surface area contributed by atoms with Gasteiger partial charge in [-0.1, -0.05) is 20.8 Å². The van der Waals surface area contributed by atoms with E-state index in [0.717, 1.165) is 6.42 Å². The van der Waals surface area contributed by atoms with Gasteiger partial charge in [0.05, 0.1) is 12.6 Å². The number of amides is 1. The van der Waals surface area contributed by atoms with Crippen LogP contribution in [0, 0.1) is 5.92 Å². The molecule has 1 fully saturated rings. The maximum Gasteiger partial charge on any atom is 0.251 e. The summed E-state index contributed by atoms with van der Waals surface area (Å²) in [5.74, 6) is 0.0248. The molecule has 1 amide bonds. The highest BCUT2D eigenvalue weighted by molar-refractivity contribution is 5.85. The summed E-state index contributed by atoms with van der Waals surface area (Å²) in [6, 6.07) is -0.495. The second-order valence-electron chi connectivity index (χ2n) is 5.50. The highest BCUT2D eigenvalue weighted by Gasteiger charge is 2.32. The molecule has 0 bridgehead atoms. The Morgan fingerprint density at radius 2 is 1.95 bits per heavy atom. The molecule has 120 valence electrons. The van der Waals surface area contributed by atoms with Gasteiger partial charge in [-0.3, -0.25) is 9.69 Å². The van der Waals surface area contributed by atoms with Gasteiger partial charge in [-0.05, 0) is 12.3 Å². The first kappa shape index (κ1) is 19.5. The van der Waals surface area contributed by atoms with Crippen LogP contribution in [0.1, 0.15) is 27.2 Å². The number of hydrogen-bond acceptors (Lipinski definition) is 3. The summed E-state index contributed by atoms with van der Waals surface area (Å²) in [6.07, 6.45) is -1.57. The van der Waals surface area contributed by atoms with E-state index < -0.39 is 12.5 Å². The zero-order valence-electron chi connectivity index (χ0n) is 12.4. The summed E-state index contributed by atoms with van der Waals surface area (Å²) in [6.45, 7) is 7.06. The number of halogens is 3. The number of rotatable bonds is 5. The quantitative estimate of drug-likeness (QED) is 0.838. The lowest BCUT2D eigenvalue weighted by Gasteiger charge is -2.42. The second-order valence-corrected chi connectivity index (χ2v) is 5.50. The van der Waals surface area contributed by atoms with Crippen molar-refractivity contribution in [2.45, 2.75) is 45.7 Å². The molecular weight excluding hydrogens is 288 g/mol. The molecule has 1 unspecified atom stereocenters. The Kier molecular flexibility index (Phi) is 8.54. The van der Waals surface area contributed by atoms with Crippen molar-refractivity contribution in [3.05, 3.63) is 0 Å². The summed E-state index contributed by atoms with van der Waals surface area (Å²) in [5.41, 5.74) is 5.87. The van der Waals surface area contributed by atoms with E-state index in [0.29, 0.717) is 19.6 Å². The maximum absolute atomic E-state index is 12.5. The van der Waals surface area contributed by atoms with Crippen molar-refractivity contribution in [2.75, 3.05) is 26.2 Å². The largest absolute Gasteiger partial charge is 0.338 e. The van der Waals surface area contributed by atoms with Gasteiger partial charge in [-0.2, -0.15) is 0 Å². The molecule has 0 aliphatic carbocycles. The Morgan fingerprint density at radius 1 is 1.35 bits per heavy atom. The first-order chi connectivity index (χ1) is 8.86. The molecule has 4 nitrogen and oxygen atoms in total. The topological polar surface area (TPSA) is 49.6 Å². The third-order valence-electron chi connectivity index (χ3n) is 3.76. The lowest BCUT2D eigenvalue weighted by atomic mass is 10.0. The van der Waals surface area contributed by atoms with Gasteiger partial charge < -0.3 is 10.6 Å². The zero-order valence-corrected chi connectivity index (χ0v) is 13.2. The van der Waals surface area contributed by atoms with Crippen LogP contribution in [-0.2, 0) is 4.79 Å². The van der Waals surface area contributed by atoms with E-state index in [9.17, 15) is 13.6 Å². The van der Waals surface area contributed by atoms with Crippen LogP contribution in [0.5, 0.6) is 0 Å². The van der Waals surface area contributed by atoms with E-state index in [2.05, 4.69) is 0 Å². The number of hydrogen-bond donors (Lipinski definition) is 1. The van der Waals surface area contributed by atoms with Crippen molar-refractivity contribution in [3.63, 3.8) is 0 Å². The summed E-state index contributed by atoms with van der Waals surface area (Å²) < 4.78 is 25.0. The molecule has 7 heteroatoms. The lowest BCUT2D eigenvalue weighted by Crippen LogP contribution is -2.58. The van der Waals surface area contributed by atoms with Crippen LogP contribution in [0.15, 0.2) is 0 Å². The number of nitrogens with zero attached hydrogens (tertiary/aromatic N) is 2. The van der Waals surface area contributed by atoms with Crippen LogP contribution in [0.3, 0.4) is 0 Å². The van der Waals surface area contributed by atoms with Crippen LogP contribution >= 0.6 is 12.4 Å². The van der Waals surface area contributed by atoms with Crippen molar-refractivity contribution in [2.24, 2.45) is 11.7 Å². The molecule has 0 spiro atoms. The molecule has 0 aromatic heterocycles. The van der Waals surface area contributed by atoms with Crippen molar-refractivity contribution in [1.29, 1.82) is 0 Å². The first-order valence-corrected chi connectivity index (χ1v) is 6.93. The Morgan fingerprint density at radius 3 is 2.40 bits per heavy atom. The first-order valence-electron chi connectivity index (χ1n) is 6.93. The summed E-state index contributed by atoms with van der Waals surface area (Å²) >= 11 is 0. The van der Waals surface area contributed by atoms with E-state index in [-0.39, 0.29) is 36.8 Å². The monoisotopic (exact) mass is 313 g/mol. The highest BCUT2D eigenvalue weighted by atomic mass is 35.5. The van der Waals surface area contributed by atoms with Crippen LogP contribution in [0.25, 0.3) is 0 Å². The fraction of sp³-hybridized carbons (Fsp3) is 0.923. The van der Waals surface area contributed by atoms with Crippen molar-refractivity contribution in [3.8, 4) is 0 Å². The zero-order chi connectivity index (χ0) is 14.6. The van der Waals surface area contributed by atoms with Gasteiger partial charge in [0.25, 0.3) is 6.43 Å². The third-order valence-corrected chi connectivity index (χ3v) is 3.76. The second kappa shape index (κ2) is 8.74. The standard InChI is InChI=1S/C13H25F2N3O.ClH/c1-4-10-7-18(13(19)12(16)9(2)3)6-5-17(10)8-11(14)15;/h9-12H,4-8,16H2,1-3H3;1H/t10?,12-;/m0./s1. The summed E-state index contributed by atoms with van der Waals surface area (Å²) in [4.78, 5) is 15.7. The molecule has 1 aliphatic rings. The van der Waals surface area contributed by atoms with E-state index in [1.54, 1.807) is 9.80 Å². The Balaban J connectivity index is 0.00000361. The minimum absolute atomic E-state index is 0. The van der Waals surface area contributed by atoms with Crippen molar-refractivity contribution in [1.82, 2.24) is 9.80 Å². The molecule has 20 heavy (non-hydrogen) atoms. The van der Waals surface area contributed by atoms with Gasteiger partial charge in [0, 0.05) is 25.7 Å². The van der Waals surface area contributed by atoms with Crippen LogP contribution in [-0.4, -0.2) is 60.4 Å². The predicted octanol–water partition coefficient (Wildman–Crippen LogP) is 1.58. The van der Waals surface area contributed by atoms with Crippen LogP contribution < -0.4 is 5.73 Å². The van der Waals surface area contributed by atoms with E-state index >= 15 is 0 Å². The average Bonchev–Trinajstić information content (AvgIpc) is 2.36. The van der Waals surface area contributed by atoms with Gasteiger partial charge in [-0.25, -0.2) is 8.78 Å². The van der Waals surface area contributed by atoms with Gasteiger partial charge in [0.15, 0.2) is 0 Å². The molecule has 1 saturated heterocycles. The molecule has 0 aromatic carbocycles. The van der Waals surface area contributed by atoms with E-state index in [4.69, 9.17) is 5.73 Å². The molecule has 0 radical (unpaired) electrons. The normalized spacial score (nSPS) is 22.0. The predicted molar refractivity (Wildman–Crippen MR) is 78.3 cm³/mol. The number of nitrogens with two attached hydrogens (primary N) is 1. The number of carbonyl (C=O) groups excluding carboxylic acids is 1. The van der Waals surface area contributed by atoms with Gasteiger partial charge in [0.2, 0.25) is 5.91 Å². The molecule has 1 heterocycles. The van der Waals surface area contributed by atoms with E-state index in [1.165, 1.54) is 0 Å². The summed E-state index contributed by atoms with van der Waals surface area (Å²) in [5, 5.41) is 0. The van der Waals surface area contributed by atoms with Crippen molar-refractivity contribution >= 4 is 18.3 Å². The third kappa shape index (κ3) is 5.14. The SMILES string of the molecule is CCC1CN(C(=O)[C@@H](N)C(C)C)CCN1CC(F)F.Cl. The maximum atomic E-state index is 12.5. The van der Waals surface area contributed by atoms with E-state index in [1.807, 2.05) is 20.8 Å². The number of alkyl halides is 2. The van der Waals surface area contributed by atoms with Crippen LogP contribution in [0.2, 0.25) is 0 Å². The number of piperazine rings is 1. The molecule has 2 atom stereocenters. The molecule has 1 aliphatic heterocycles. The lowest BCUT2D eigenvalue weighted by molar-refractivity contribution is -0.137. The Hall–Kier alpha value is -0.460. The fourth-order valence-corrected chi connectivity index (χ4v) is 2.39. The molecule has 0 aromatic rings. The average molecular weight is 314 g/mol.